The summed E-state index contributed by atoms with van der Waals surface area (Å²) in [5.74, 6) is -3.14. The highest BCUT2D eigenvalue weighted by Gasteiger charge is 2.27. The SMILES string of the molecule is CC(C)C(N)C(=O)NC(Cc1cnc[nH]1)C(=O)NCC(=O)NC(Cc1c[nH]c2ccccc12)C(=O)O. The summed E-state index contributed by atoms with van der Waals surface area (Å²) in [5, 5.41) is 18.0. The highest BCUT2D eigenvalue weighted by molar-refractivity contribution is 5.93. The van der Waals surface area contributed by atoms with Crippen LogP contribution in [-0.2, 0) is 32.0 Å². The number of amides is 3. The highest BCUT2D eigenvalue weighted by Crippen LogP contribution is 2.19. The molecule has 0 saturated carbocycles. The van der Waals surface area contributed by atoms with Crippen LogP contribution in [0, 0.1) is 5.92 Å². The Labute approximate surface area is 207 Å². The molecule has 12 heteroatoms. The molecule has 192 valence electrons. The second kappa shape index (κ2) is 12.0. The summed E-state index contributed by atoms with van der Waals surface area (Å²) in [6.45, 7) is 3.10. The van der Waals surface area contributed by atoms with Crippen molar-refractivity contribution in [3.05, 3.63) is 54.2 Å². The van der Waals surface area contributed by atoms with Gasteiger partial charge in [0.1, 0.15) is 12.1 Å². The van der Waals surface area contributed by atoms with E-state index >= 15 is 0 Å². The molecule has 3 amide bonds. The van der Waals surface area contributed by atoms with Gasteiger partial charge in [-0.05, 0) is 17.5 Å². The molecule has 0 spiro atoms. The number of carboxylic acids is 1. The molecule has 0 fully saturated rings. The summed E-state index contributed by atoms with van der Waals surface area (Å²) >= 11 is 0. The van der Waals surface area contributed by atoms with Gasteiger partial charge in [-0.1, -0.05) is 32.0 Å². The number of para-hydroxylation sites is 1. The van der Waals surface area contributed by atoms with Gasteiger partial charge < -0.3 is 36.8 Å². The fourth-order valence-electron chi connectivity index (χ4n) is 3.65. The van der Waals surface area contributed by atoms with E-state index in [9.17, 15) is 24.3 Å². The van der Waals surface area contributed by atoms with Crippen molar-refractivity contribution >= 4 is 34.6 Å². The van der Waals surface area contributed by atoms with E-state index in [1.807, 2.05) is 24.3 Å². The highest BCUT2D eigenvalue weighted by atomic mass is 16.4. The van der Waals surface area contributed by atoms with Crippen molar-refractivity contribution in [2.45, 2.75) is 44.8 Å². The van der Waals surface area contributed by atoms with E-state index in [0.29, 0.717) is 5.69 Å². The molecule has 8 N–H and O–H groups in total. The Balaban J connectivity index is 1.60. The summed E-state index contributed by atoms with van der Waals surface area (Å²) in [5.41, 5.74) is 8.09. The number of aromatic nitrogens is 3. The Morgan fingerprint density at radius 1 is 1.03 bits per heavy atom. The molecule has 0 aliphatic heterocycles. The number of fused-ring (bicyclic) bond motifs is 1. The topological polar surface area (TPSA) is 195 Å². The third-order valence-corrected chi connectivity index (χ3v) is 5.79. The Bertz CT molecular complexity index is 1200. The van der Waals surface area contributed by atoms with Gasteiger partial charge in [-0.15, -0.1) is 0 Å². The van der Waals surface area contributed by atoms with Crippen molar-refractivity contribution in [3.63, 3.8) is 0 Å². The molecular weight excluding hydrogens is 466 g/mol. The number of aromatic amines is 2. The third-order valence-electron chi connectivity index (χ3n) is 5.79. The van der Waals surface area contributed by atoms with Crippen LogP contribution in [0.15, 0.2) is 43.0 Å². The lowest BCUT2D eigenvalue weighted by Crippen LogP contribution is -2.55. The number of hydrogen-bond acceptors (Lipinski definition) is 6. The van der Waals surface area contributed by atoms with E-state index in [0.717, 1.165) is 16.5 Å². The summed E-state index contributed by atoms with van der Waals surface area (Å²) < 4.78 is 0. The molecule has 3 atom stereocenters. The van der Waals surface area contributed by atoms with Crippen LogP contribution in [0.5, 0.6) is 0 Å². The molecule has 0 aliphatic carbocycles. The third kappa shape index (κ3) is 6.92. The fourth-order valence-corrected chi connectivity index (χ4v) is 3.65. The summed E-state index contributed by atoms with van der Waals surface area (Å²) in [6, 6.07) is 4.41. The smallest absolute Gasteiger partial charge is 0.326 e. The maximum Gasteiger partial charge on any atom is 0.326 e. The van der Waals surface area contributed by atoms with Gasteiger partial charge in [0, 0.05) is 41.8 Å². The molecule has 3 rings (SSSR count). The number of H-pyrrole nitrogens is 2. The van der Waals surface area contributed by atoms with Crippen molar-refractivity contribution in [2.24, 2.45) is 11.7 Å². The lowest BCUT2D eigenvalue weighted by Gasteiger charge is -2.22. The Morgan fingerprint density at radius 3 is 2.44 bits per heavy atom. The number of nitrogens with two attached hydrogens (primary N) is 1. The molecular formula is C24H31N7O5. The fraction of sp³-hybridized carbons (Fsp3) is 0.375. The average Bonchev–Trinajstić information content (AvgIpc) is 3.51. The average molecular weight is 498 g/mol. The minimum Gasteiger partial charge on any atom is -0.480 e. The summed E-state index contributed by atoms with van der Waals surface area (Å²) in [4.78, 5) is 59.4. The lowest BCUT2D eigenvalue weighted by atomic mass is 10.0. The molecule has 3 aromatic rings. The molecule has 0 bridgehead atoms. The van der Waals surface area contributed by atoms with Crippen LogP contribution in [0.1, 0.15) is 25.1 Å². The van der Waals surface area contributed by atoms with E-state index in [2.05, 4.69) is 30.9 Å². The predicted molar refractivity (Wildman–Crippen MR) is 132 cm³/mol. The Kier molecular flexibility index (Phi) is 8.79. The first-order chi connectivity index (χ1) is 17.2. The normalized spacial score (nSPS) is 13.7. The monoisotopic (exact) mass is 497 g/mol. The second-order valence-corrected chi connectivity index (χ2v) is 8.85. The number of carboxylic acid groups (broad SMARTS) is 1. The van der Waals surface area contributed by atoms with Gasteiger partial charge in [-0.2, -0.15) is 0 Å². The number of benzene rings is 1. The van der Waals surface area contributed by atoms with Gasteiger partial charge in [0.25, 0.3) is 0 Å². The van der Waals surface area contributed by atoms with Crippen molar-refractivity contribution in [2.75, 3.05) is 6.54 Å². The van der Waals surface area contributed by atoms with E-state index in [1.54, 1.807) is 20.0 Å². The van der Waals surface area contributed by atoms with Gasteiger partial charge in [-0.3, -0.25) is 14.4 Å². The van der Waals surface area contributed by atoms with Crippen LogP contribution >= 0.6 is 0 Å². The van der Waals surface area contributed by atoms with Crippen LogP contribution in [-0.4, -0.2) is 68.4 Å². The molecule has 12 nitrogen and oxygen atoms in total. The Hall–Kier alpha value is -4.19. The van der Waals surface area contributed by atoms with Gasteiger partial charge >= 0.3 is 5.97 Å². The van der Waals surface area contributed by atoms with Gasteiger partial charge in [0.05, 0.1) is 18.9 Å². The zero-order valence-corrected chi connectivity index (χ0v) is 20.1. The van der Waals surface area contributed by atoms with Crippen molar-refractivity contribution < 1.29 is 24.3 Å². The van der Waals surface area contributed by atoms with E-state index in [4.69, 9.17) is 5.73 Å². The molecule has 36 heavy (non-hydrogen) atoms. The number of rotatable bonds is 12. The van der Waals surface area contributed by atoms with Crippen LogP contribution in [0.2, 0.25) is 0 Å². The van der Waals surface area contributed by atoms with Crippen molar-refractivity contribution in [3.8, 4) is 0 Å². The minimum absolute atomic E-state index is 0.0601. The second-order valence-electron chi connectivity index (χ2n) is 8.85. The minimum atomic E-state index is -1.20. The molecule has 1 aromatic carbocycles. The first kappa shape index (κ1) is 26.4. The largest absolute Gasteiger partial charge is 0.480 e. The number of aliphatic carboxylic acids is 1. The quantitative estimate of drug-likeness (QED) is 0.180. The van der Waals surface area contributed by atoms with E-state index in [-0.39, 0.29) is 18.8 Å². The van der Waals surface area contributed by atoms with Crippen molar-refractivity contribution in [1.29, 1.82) is 0 Å². The van der Waals surface area contributed by atoms with Crippen LogP contribution in [0.4, 0.5) is 0 Å². The molecule has 2 aromatic heterocycles. The molecule has 2 heterocycles. The lowest BCUT2D eigenvalue weighted by molar-refractivity contribution is -0.141. The standard InChI is InChI=1S/C24H31N7O5/c1-13(2)21(25)23(34)31-18(8-15-10-26-12-29-15)22(33)28-11-20(32)30-19(24(35)36)7-14-9-27-17-6-4-3-5-16(14)17/h3-6,9-10,12-13,18-19,21,27H,7-8,11,25H2,1-2H3,(H,26,29)(H,28,33)(H,30,32)(H,31,34)(H,35,36). The number of carbonyl (C=O) groups excluding carboxylic acids is 3. The zero-order valence-electron chi connectivity index (χ0n) is 20.1. The van der Waals surface area contributed by atoms with Crippen LogP contribution < -0.4 is 21.7 Å². The van der Waals surface area contributed by atoms with E-state index < -0.39 is 48.4 Å². The number of nitrogens with zero attached hydrogens (tertiary/aromatic N) is 1. The van der Waals surface area contributed by atoms with Crippen LogP contribution in [0.25, 0.3) is 10.9 Å². The summed E-state index contributed by atoms with van der Waals surface area (Å²) in [6.07, 6.45) is 4.83. The molecule has 0 radical (unpaired) electrons. The maximum absolute atomic E-state index is 12.8. The number of hydrogen-bond donors (Lipinski definition) is 7. The van der Waals surface area contributed by atoms with Gasteiger partial charge in [-0.25, -0.2) is 9.78 Å². The molecule has 3 unspecified atom stereocenters. The number of imidazole rings is 1. The number of nitrogens with one attached hydrogen (secondary N) is 5. The summed E-state index contributed by atoms with van der Waals surface area (Å²) in [7, 11) is 0. The Morgan fingerprint density at radius 2 is 1.78 bits per heavy atom. The van der Waals surface area contributed by atoms with E-state index in [1.165, 1.54) is 12.5 Å². The first-order valence-electron chi connectivity index (χ1n) is 11.5. The molecule has 0 saturated heterocycles. The zero-order chi connectivity index (χ0) is 26.2. The van der Waals surface area contributed by atoms with Crippen LogP contribution in [0.3, 0.4) is 0 Å². The van der Waals surface area contributed by atoms with Crippen molar-refractivity contribution in [1.82, 2.24) is 30.9 Å². The maximum atomic E-state index is 12.8. The van der Waals surface area contributed by atoms with Gasteiger partial charge in [0.2, 0.25) is 17.7 Å². The molecule has 0 aliphatic rings. The van der Waals surface area contributed by atoms with Gasteiger partial charge in [0.15, 0.2) is 0 Å². The first-order valence-corrected chi connectivity index (χ1v) is 11.5. The number of carbonyl (C=O) groups is 4. The predicted octanol–water partition coefficient (Wildman–Crippen LogP) is -0.170.